The molecule has 0 bridgehead atoms. The van der Waals surface area contributed by atoms with Crippen molar-refractivity contribution >= 4 is 11.8 Å². The number of ketones is 1. The van der Waals surface area contributed by atoms with Crippen molar-refractivity contribution in [3.63, 3.8) is 0 Å². The molecule has 0 spiro atoms. The van der Waals surface area contributed by atoms with Gasteiger partial charge in [-0.2, -0.15) is 0 Å². The van der Waals surface area contributed by atoms with Crippen LogP contribution in [0.4, 0.5) is 4.79 Å². The topological polar surface area (TPSA) is 49.4 Å². The Kier molecular flexibility index (Phi) is 7.48. The molecule has 1 unspecified atom stereocenters. The Labute approximate surface area is 152 Å². The van der Waals surface area contributed by atoms with Gasteiger partial charge in [-0.1, -0.05) is 57.0 Å². The fourth-order valence-electron chi connectivity index (χ4n) is 3.39. The molecule has 1 N–H and O–H groups in total. The van der Waals surface area contributed by atoms with Gasteiger partial charge < -0.3 is 10.2 Å². The molecule has 0 aromatic heterocycles. The molecule has 0 saturated carbocycles. The summed E-state index contributed by atoms with van der Waals surface area (Å²) in [6, 6.07) is 9.69. The average molecular weight is 344 g/mol. The molecule has 1 heterocycles. The molecule has 138 valence electrons. The van der Waals surface area contributed by atoms with Crippen molar-refractivity contribution < 1.29 is 9.59 Å². The maximum atomic E-state index is 12.5. The van der Waals surface area contributed by atoms with Gasteiger partial charge in [-0.25, -0.2) is 4.79 Å². The number of benzene rings is 1. The molecule has 2 rings (SSSR count). The normalized spacial score (nSPS) is 16.7. The summed E-state index contributed by atoms with van der Waals surface area (Å²) >= 11 is 0. The number of rotatable bonds is 7. The molecule has 1 aromatic carbocycles. The van der Waals surface area contributed by atoms with E-state index in [-0.39, 0.29) is 23.8 Å². The van der Waals surface area contributed by atoms with E-state index in [2.05, 4.69) is 26.1 Å². The van der Waals surface area contributed by atoms with Gasteiger partial charge in [0.25, 0.3) is 0 Å². The zero-order chi connectivity index (χ0) is 18.2. The SMILES string of the molecule is CC(C)CCCC(C)NC(=O)N1CCC(C(=O)c2ccccc2)CC1. The van der Waals surface area contributed by atoms with Crippen LogP contribution < -0.4 is 5.32 Å². The third-order valence-corrected chi connectivity index (χ3v) is 5.00. The van der Waals surface area contributed by atoms with Crippen molar-refractivity contribution in [2.24, 2.45) is 11.8 Å². The predicted octanol–water partition coefficient (Wildman–Crippen LogP) is 4.51. The Morgan fingerprint density at radius 1 is 1.08 bits per heavy atom. The molecule has 1 atom stereocenters. The number of Topliss-reactive ketones (excluding diaryl/α,β-unsaturated/α-hetero) is 1. The molecule has 4 nitrogen and oxygen atoms in total. The minimum Gasteiger partial charge on any atom is -0.336 e. The summed E-state index contributed by atoms with van der Waals surface area (Å²) in [6.07, 6.45) is 4.87. The number of piperidine rings is 1. The van der Waals surface area contributed by atoms with Gasteiger partial charge in [0.15, 0.2) is 5.78 Å². The van der Waals surface area contributed by atoms with E-state index in [0.29, 0.717) is 19.0 Å². The molecular weight excluding hydrogens is 312 g/mol. The molecule has 2 amide bonds. The van der Waals surface area contributed by atoms with E-state index in [1.165, 1.54) is 6.42 Å². The molecule has 4 heteroatoms. The average Bonchev–Trinajstić information content (AvgIpc) is 2.61. The van der Waals surface area contributed by atoms with Crippen molar-refractivity contribution in [3.8, 4) is 0 Å². The van der Waals surface area contributed by atoms with Crippen LogP contribution in [0.3, 0.4) is 0 Å². The van der Waals surface area contributed by atoms with Gasteiger partial charge in [-0.3, -0.25) is 4.79 Å². The molecule has 0 aliphatic carbocycles. The number of nitrogens with one attached hydrogen (secondary N) is 1. The van der Waals surface area contributed by atoms with E-state index >= 15 is 0 Å². The lowest BCUT2D eigenvalue weighted by molar-refractivity contribution is 0.0853. The summed E-state index contributed by atoms with van der Waals surface area (Å²) in [4.78, 5) is 26.7. The van der Waals surface area contributed by atoms with Crippen molar-refractivity contribution in [3.05, 3.63) is 35.9 Å². The number of hydrogen-bond donors (Lipinski definition) is 1. The second-order valence-corrected chi connectivity index (χ2v) is 7.67. The van der Waals surface area contributed by atoms with E-state index in [9.17, 15) is 9.59 Å². The first-order chi connectivity index (χ1) is 12.0. The third-order valence-electron chi connectivity index (χ3n) is 5.00. The van der Waals surface area contributed by atoms with Gasteiger partial charge in [-0.15, -0.1) is 0 Å². The van der Waals surface area contributed by atoms with Crippen LogP contribution in [-0.2, 0) is 0 Å². The highest BCUT2D eigenvalue weighted by Crippen LogP contribution is 2.22. The maximum Gasteiger partial charge on any atom is 0.317 e. The van der Waals surface area contributed by atoms with Crippen LogP contribution in [0.2, 0.25) is 0 Å². The minimum atomic E-state index is 0.0163. The summed E-state index contributed by atoms with van der Waals surface area (Å²) in [7, 11) is 0. The third kappa shape index (κ3) is 6.18. The Balaban J connectivity index is 1.74. The van der Waals surface area contributed by atoms with Crippen LogP contribution in [0.15, 0.2) is 30.3 Å². The van der Waals surface area contributed by atoms with Crippen LogP contribution in [0.1, 0.15) is 63.2 Å². The summed E-state index contributed by atoms with van der Waals surface area (Å²) in [5.41, 5.74) is 0.782. The van der Waals surface area contributed by atoms with Gasteiger partial charge in [0.05, 0.1) is 0 Å². The first kappa shape index (κ1) is 19.5. The van der Waals surface area contributed by atoms with Crippen molar-refractivity contribution in [1.82, 2.24) is 10.2 Å². The summed E-state index contributed by atoms with van der Waals surface area (Å²) in [5, 5.41) is 3.10. The largest absolute Gasteiger partial charge is 0.336 e. The summed E-state index contributed by atoms with van der Waals surface area (Å²) in [6.45, 7) is 7.85. The zero-order valence-corrected chi connectivity index (χ0v) is 15.8. The van der Waals surface area contributed by atoms with Gasteiger partial charge in [0, 0.05) is 30.6 Å². The Morgan fingerprint density at radius 2 is 1.72 bits per heavy atom. The Bertz CT molecular complexity index is 548. The van der Waals surface area contributed by atoms with E-state index in [1.54, 1.807) is 0 Å². The number of urea groups is 1. The molecule has 1 aliphatic heterocycles. The molecule has 1 aliphatic rings. The molecule has 0 radical (unpaired) electrons. The molecule has 1 fully saturated rings. The molecular formula is C21H32N2O2. The fourth-order valence-corrected chi connectivity index (χ4v) is 3.39. The maximum absolute atomic E-state index is 12.5. The lowest BCUT2D eigenvalue weighted by atomic mass is 9.89. The Morgan fingerprint density at radius 3 is 2.32 bits per heavy atom. The van der Waals surface area contributed by atoms with Crippen molar-refractivity contribution in [2.45, 2.75) is 58.9 Å². The number of nitrogens with zero attached hydrogens (tertiary/aromatic N) is 1. The second kappa shape index (κ2) is 9.59. The molecule has 1 aromatic rings. The van der Waals surface area contributed by atoms with E-state index < -0.39 is 0 Å². The zero-order valence-electron chi connectivity index (χ0n) is 15.8. The van der Waals surface area contributed by atoms with Crippen molar-refractivity contribution in [2.75, 3.05) is 13.1 Å². The Hall–Kier alpha value is -1.84. The summed E-state index contributed by atoms with van der Waals surface area (Å²) in [5.74, 6) is 0.960. The van der Waals surface area contributed by atoms with Crippen LogP contribution in [0, 0.1) is 11.8 Å². The van der Waals surface area contributed by atoms with E-state index in [1.807, 2.05) is 35.2 Å². The van der Waals surface area contributed by atoms with E-state index in [4.69, 9.17) is 0 Å². The monoisotopic (exact) mass is 344 g/mol. The number of amides is 2. The quantitative estimate of drug-likeness (QED) is 0.740. The first-order valence-corrected chi connectivity index (χ1v) is 9.62. The van der Waals surface area contributed by atoms with Crippen LogP contribution >= 0.6 is 0 Å². The number of carbonyl (C=O) groups is 2. The number of carbonyl (C=O) groups excluding carboxylic acids is 2. The van der Waals surface area contributed by atoms with Gasteiger partial charge in [-0.05, 0) is 32.1 Å². The van der Waals surface area contributed by atoms with Crippen LogP contribution in [0.25, 0.3) is 0 Å². The number of likely N-dealkylation sites (tertiary alicyclic amines) is 1. The predicted molar refractivity (Wildman–Crippen MR) is 102 cm³/mol. The minimum absolute atomic E-state index is 0.0163. The van der Waals surface area contributed by atoms with Gasteiger partial charge in [0.1, 0.15) is 0 Å². The second-order valence-electron chi connectivity index (χ2n) is 7.67. The smallest absolute Gasteiger partial charge is 0.317 e. The van der Waals surface area contributed by atoms with Gasteiger partial charge in [0.2, 0.25) is 0 Å². The van der Waals surface area contributed by atoms with Crippen LogP contribution in [0.5, 0.6) is 0 Å². The molecule has 25 heavy (non-hydrogen) atoms. The highest BCUT2D eigenvalue weighted by Gasteiger charge is 2.28. The number of hydrogen-bond acceptors (Lipinski definition) is 2. The van der Waals surface area contributed by atoms with Gasteiger partial charge >= 0.3 is 6.03 Å². The van der Waals surface area contributed by atoms with Crippen molar-refractivity contribution in [1.29, 1.82) is 0 Å². The first-order valence-electron chi connectivity index (χ1n) is 9.62. The lowest BCUT2D eigenvalue weighted by Crippen LogP contribution is -2.47. The van der Waals surface area contributed by atoms with E-state index in [0.717, 1.165) is 31.2 Å². The fraction of sp³-hybridized carbons (Fsp3) is 0.619. The molecule has 1 saturated heterocycles. The lowest BCUT2D eigenvalue weighted by Gasteiger charge is -2.32. The van der Waals surface area contributed by atoms with Crippen LogP contribution in [-0.4, -0.2) is 35.8 Å². The highest BCUT2D eigenvalue weighted by atomic mass is 16.2. The standard InChI is InChI=1S/C21H32N2O2/c1-16(2)8-7-9-17(3)22-21(25)23-14-12-19(13-15-23)20(24)18-10-5-4-6-11-18/h4-6,10-11,16-17,19H,7-9,12-15H2,1-3H3,(H,22,25). The summed E-state index contributed by atoms with van der Waals surface area (Å²) < 4.78 is 0. The highest BCUT2D eigenvalue weighted by molar-refractivity contribution is 5.97.